The van der Waals surface area contributed by atoms with E-state index in [9.17, 15) is 0 Å². The maximum absolute atomic E-state index is 2.53. The normalized spacial score (nSPS) is 15.0. The van der Waals surface area contributed by atoms with Crippen molar-refractivity contribution in [2.24, 2.45) is 5.92 Å². The first-order chi connectivity index (χ1) is 12.5. The molecule has 26 heavy (non-hydrogen) atoms. The largest absolute Gasteiger partial charge is 0.357 e. The molecule has 0 unspecified atom stereocenters. The van der Waals surface area contributed by atoms with Gasteiger partial charge >= 0.3 is 0 Å². The third kappa shape index (κ3) is 3.37. The number of halogens is 1. The van der Waals surface area contributed by atoms with Crippen molar-refractivity contribution in [1.82, 2.24) is 9.47 Å². The van der Waals surface area contributed by atoms with Gasteiger partial charge in [-0.25, -0.2) is 0 Å². The summed E-state index contributed by atoms with van der Waals surface area (Å²) in [5.74, 6) is 0.661. The second kappa shape index (κ2) is 7.24. The average molecular weight is 459 g/mol. The van der Waals surface area contributed by atoms with Crippen LogP contribution >= 0.6 is 22.6 Å². The van der Waals surface area contributed by atoms with Crippen LogP contribution in [0.1, 0.15) is 25.0 Å². The van der Waals surface area contributed by atoms with E-state index in [2.05, 4.69) is 107 Å². The van der Waals surface area contributed by atoms with Crippen LogP contribution in [0, 0.1) is 9.62 Å². The fourth-order valence-corrected chi connectivity index (χ4v) is 4.75. The zero-order valence-corrected chi connectivity index (χ0v) is 17.9. The lowest BCUT2D eigenvalue weighted by Gasteiger charge is -2.36. The Balaban J connectivity index is 1.72. The minimum atomic E-state index is 0.661. The molecule has 0 saturated carbocycles. The van der Waals surface area contributed by atoms with Gasteiger partial charge in [-0.15, -0.1) is 0 Å². The molecule has 4 rings (SSSR count). The van der Waals surface area contributed by atoms with Crippen molar-refractivity contribution in [3.8, 4) is 0 Å². The van der Waals surface area contributed by atoms with E-state index >= 15 is 0 Å². The molecule has 0 amide bonds. The lowest BCUT2D eigenvalue weighted by molar-refractivity contribution is 0.303. The molecule has 1 aliphatic rings. The third-order valence-electron chi connectivity index (χ3n) is 5.08. The molecule has 1 aliphatic heterocycles. The zero-order chi connectivity index (χ0) is 18.3. The highest BCUT2D eigenvalue weighted by Crippen LogP contribution is 2.34. The van der Waals surface area contributed by atoms with Crippen molar-refractivity contribution in [1.29, 1.82) is 0 Å². The summed E-state index contributed by atoms with van der Waals surface area (Å²) >= 11 is 2.53. The van der Waals surface area contributed by atoms with Gasteiger partial charge in [-0.1, -0.05) is 56.3 Å². The summed E-state index contributed by atoms with van der Waals surface area (Å²) in [4.78, 5) is 4.94. The zero-order valence-electron chi connectivity index (χ0n) is 15.7. The van der Waals surface area contributed by atoms with Gasteiger partial charge in [0, 0.05) is 31.4 Å². The van der Waals surface area contributed by atoms with Gasteiger partial charge in [0.1, 0.15) is 0 Å². The average Bonchev–Trinajstić information content (AvgIpc) is 2.91. The van der Waals surface area contributed by atoms with Crippen LogP contribution in [-0.2, 0) is 13.1 Å². The quantitative estimate of drug-likeness (QED) is 0.500. The predicted octanol–water partition coefficient (Wildman–Crippen LogP) is 5.16. The highest BCUT2D eigenvalue weighted by atomic mass is 127. The number of hydrogen-bond donors (Lipinski definition) is 0. The molecule has 0 atom stereocenters. The van der Waals surface area contributed by atoms with Crippen molar-refractivity contribution < 1.29 is 0 Å². The van der Waals surface area contributed by atoms with E-state index in [0.29, 0.717) is 5.92 Å². The molecule has 4 heteroatoms. The standard InChI is InChI=1S/C22H26IN3/c1-16(2)11-26-15-24(3)13-20-21(26)14-25(22(20)23)12-18-9-6-8-17-7-4-5-10-19(17)18/h4-10,14,16H,11-13,15H2,1-3H3. The van der Waals surface area contributed by atoms with Crippen molar-refractivity contribution in [3.05, 3.63) is 63.5 Å². The Bertz CT molecular complexity index is 923. The van der Waals surface area contributed by atoms with E-state index < -0.39 is 0 Å². The summed E-state index contributed by atoms with van der Waals surface area (Å²) in [6.45, 7) is 8.67. The summed E-state index contributed by atoms with van der Waals surface area (Å²) < 4.78 is 3.80. The topological polar surface area (TPSA) is 11.4 Å². The lowest BCUT2D eigenvalue weighted by Crippen LogP contribution is -2.41. The molecule has 0 N–H and O–H groups in total. The second-order valence-corrected chi connectivity index (χ2v) is 8.84. The highest BCUT2D eigenvalue weighted by Gasteiger charge is 2.26. The van der Waals surface area contributed by atoms with Gasteiger partial charge in [0.15, 0.2) is 0 Å². The number of anilines is 1. The maximum Gasteiger partial charge on any atom is 0.0868 e. The van der Waals surface area contributed by atoms with Crippen LogP contribution in [0.4, 0.5) is 5.69 Å². The predicted molar refractivity (Wildman–Crippen MR) is 119 cm³/mol. The van der Waals surface area contributed by atoms with Crippen LogP contribution in [-0.4, -0.2) is 29.7 Å². The Morgan fingerprint density at radius 2 is 1.85 bits per heavy atom. The van der Waals surface area contributed by atoms with E-state index in [-0.39, 0.29) is 0 Å². The Kier molecular flexibility index (Phi) is 4.97. The number of benzene rings is 2. The van der Waals surface area contributed by atoms with E-state index in [0.717, 1.165) is 26.3 Å². The fourth-order valence-electron chi connectivity index (χ4n) is 3.99. The van der Waals surface area contributed by atoms with E-state index in [1.165, 1.54) is 31.3 Å². The molecular weight excluding hydrogens is 433 g/mol. The molecule has 136 valence electrons. The molecule has 0 aliphatic carbocycles. The van der Waals surface area contributed by atoms with Gasteiger partial charge in [-0.3, -0.25) is 4.90 Å². The first-order valence-electron chi connectivity index (χ1n) is 9.30. The number of hydrogen-bond acceptors (Lipinski definition) is 2. The van der Waals surface area contributed by atoms with Crippen molar-refractivity contribution in [3.63, 3.8) is 0 Å². The van der Waals surface area contributed by atoms with E-state index in [1.807, 2.05) is 0 Å². The molecule has 2 heterocycles. The second-order valence-electron chi connectivity index (χ2n) is 7.82. The molecule has 0 spiro atoms. The Morgan fingerprint density at radius 1 is 1.08 bits per heavy atom. The van der Waals surface area contributed by atoms with E-state index in [4.69, 9.17) is 0 Å². The van der Waals surface area contributed by atoms with Gasteiger partial charge in [-0.05, 0) is 51.9 Å². The first-order valence-corrected chi connectivity index (χ1v) is 10.4. The summed E-state index contributed by atoms with van der Waals surface area (Å²) in [6.07, 6.45) is 2.37. The van der Waals surface area contributed by atoms with Crippen LogP contribution in [0.3, 0.4) is 0 Å². The van der Waals surface area contributed by atoms with Gasteiger partial charge in [-0.2, -0.15) is 0 Å². The van der Waals surface area contributed by atoms with Gasteiger partial charge < -0.3 is 9.47 Å². The van der Waals surface area contributed by atoms with Gasteiger partial charge in [0.05, 0.1) is 16.1 Å². The first kappa shape index (κ1) is 17.9. The number of rotatable bonds is 4. The molecule has 2 aromatic carbocycles. The summed E-state index contributed by atoms with van der Waals surface area (Å²) in [5, 5.41) is 2.67. The minimum absolute atomic E-state index is 0.661. The van der Waals surface area contributed by atoms with Crippen LogP contribution in [0.15, 0.2) is 48.7 Å². The van der Waals surface area contributed by atoms with Gasteiger partial charge in [0.25, 0.3) is 0 Å². The van der Waals surface area contributed by atoms with Gasteiger partial charge in [0.2, 0.25) is 0 Å². The molecule has 0 saturated heterocycles. The smallest absolute Gasteiger partial charge is 0.0868 e. The van der Waals surface area contributed by atoms with Crippen LogP contribution in [0.25, 0.3) is 10.8 Å². The summed E-state index contributed by atoms with van der Waals surface area (Å²) in [7, 11) is 2.22. The molecule has 3 aromatic rings. The molecule has 3 nitrogen and oxygen atoms in total. The van der Waals surface area contributed by atoms with Crippen LogP contribution < -0.4 is 4.90 Å². The minimum Gasteiger partial charge on any atom is -0.357 e. The SMILES string of the molecule is CC(C)CN1CN(C)Cc2c1cn(Cc1cccc3ccccc13)c2I. The van der Waals surface area contributed by atoms with E-state index in [1.54, 1.807) is 0 Å². The maximum atomic E-state index is 2.53. The molecule has 0 fully saturated rings. The Morgan fingerprint density at radius 3 is 2.65 bits per heavy atom. The highest BCUT2D eigenvalue weighted by molar-refractivity contribution is 14.1. The van der Waals surface area contributed by atoms with Crippen LogP contribution in [0.5, 0.6) is 0 Å². The Labute approximate surface area is 169 Å². The number of fused-ring (bicyclic) bond motifs is 2. The van der Waals surface area contributed by atoms with Crippen molar-refractivity contribution >= 4 is 39.1 Å². The monoisotopic (exact) mass is 459 g/mol. The van der Waals surface area contributed by atoms with Crippen LogP contribution in [0.2, 0.25) is 0 Å². The third-order valence-corrected chi connectivity index (χ3v) is 6.35. The molecular formula is C22H26IN3. The molecule has 0 radical (unpaired) electrons. The Hall–Kier alpha value is -1.53. The fraction of sp³-hybridized carbons (Fsp3) is 0.364. The number of aromatic nitrogens is 1. The lowest BCUT2D eigenvalue weighted by atomic mass is 10.0. The molecule has 1 aromatic heterocycles. The summed E-state index contributed by atoms with van der Waals surface area (Å²) in [5.41, 5.74) is 4.28. The summed E-state index contributed by atoms with van der Waals surface area (Å²) in [6, 6.07) is 15.3. The van der Waals surface area contributed by atoms with Crippen molar-refractivity contribution in [2.45, 2.75) is 26.9 Å². The number of nitrogens with zero attached hydrogens (tertiary/aromatic N) is 3. The van der Waals surface area contributed by atoms with Crippen molar-refractivity contribution in [2.75, 3.05) is 25.2 Å². The molecule has 0 bridgehead atoms.